The van der Waals surface area contributed by atoms with Crippen molar-refractivity contribution in [3.8, 4) is 11.5 Å². The summed E-state index contributed by atoms with van der Waals surface area (Å²) in [5.74, 6) is 0.758. The Labute approximate surface area is 142 Å². The second-order valence-electron chi connectivity index (χ2n) is 5.55. The molecule has 5 heteroatoms. The summed E-state index contributed by atoms with van der Waals surface area (Å²) in [6.07, 6.45) is 0. The van der Waals surface area contributed by atoms with Crippen LogP contribution in [0.5, 0.6) is 0 Å². The summed E-state index contributed by atoms with van der Waals surface area (Å²) in [6.45, 7) is 8.18. The number of carbonyl (C=O) groups is 1. The first-order chi connectivity index (χ1) is 11.7. The zero-order chi connectivity index (χ0) is 17.1. The number of amides is 1. The van der Waals surface area contributed by atoms with Crippen molar-refractivity contribution in [2.24, 2.45) is 0 Å². The number of rotatable bonds is 5. The van der Waals surface area contributed by atoms with Gasteiger partial charge in [-0.2, -0.15) is 0 Å². The van der Waals surface area contributed by atoms with Gasteiger partial charge in [-0.3, -0.25) is 4.79 Å². The molecule has 0 saturated heterocycles. The molecule has 2 aromatic heterocycles. The van der Waals surface area contributed by atoms with Crippen molar-refractivity contribution >= 4 is 16.9 Å². The molecule has 1 aromatic carbocycles. The molecule has 24 heavy (non-hydrogen) atoms. The average molecular weight is 322 g/mol. The van der Waals surface area contributed by atoms with Crippen LogP contribution in [0.2, 0.25) is 0 Å². The number of hydrogen-bond donors (Lipinski definition) is 0. The minimum absolute atomic E-state index is 0.0407. The lowest BCUT2D eigenvalue weighted by molar-refractivity contribution is 0.0767. The highest BCUT2D eigenvalue weighted by atomic mass is 16.2. The second kappa shape index (κ2) is 6.83. The van der Waals surface area contributed by atoms with Gasteiger partial charge in [-0.05, 0) is 45.0 Å². The molecule has 0 unspecified atom stereocenters. The molecule has 3 rings (SSSR count). The predicted molar refractivity (Wildman–Crippen MR) is 95.9 cm³/mol. The Morgan fingerprint density at radius 1 is 1.00 bits per heavy atom. The number of imidazole rings is 1. The van der Waals surface area contributed by atoms with Gasteiger partial charge in [0, 0.05) is 19.6 Å². The standard InChI is InChI=1S/C19H22N4O/c1-4-22(5-2)19(24)16-12-9-11-15(20-16)18-21-14-10-7-8-13-17(14)23(18)6-3/h7-13H,4-6H2,1-3H3. The molecule has 124 valence electrons. The van der Waals surface area contributed by atoms with Crippen LogP contribution >= 0.6 is 0 Å². The third-order valence-electron chi connectivity index (χ3n) is 4.22. The molecule has 0 spiro atoms. The van der Waals surface area contributed by atoms with Gasteiger partial charge in [-0.1, -0.05) is 18.2 Å². The summed E-state index contributed by atoms with van der Waals surface area (Å²) in [6, 6.07) is 13.6. The Hall–Kier alpha value is -2.69. The summed E-state index contributed by atoms with van der Waals surface area (Å²) < 4.78 is 2.13. The van der Waals surface area contributed by atoms with Gasteiger partial charge in [0.25, 0.3) is 5.91 Å². The number of aromatic nitrogens is 3. The van der Waals surface area contributed by atoms with E-state index in [0.717, 1.165) is 29.1 Å². The summed E-state index contributed by atoms with van der Waals surface area (Å²) in [5, 5.41) is 0. The van der Waals surface area contributed by atoms with E-state index in [9.17, 15) is 4.79 Å². The van der Waals surface area contributed by atoms with E-state index in [4.69, 9.17) is 4.98 Å². The molecule has 2 heterocycles. The van der Waals surface area contributed by atoms with Crippen molar-refractivity contribution in [2.45, 2.75) is 27.3 Å². The summed E-state index contributed by atoms with van der Waals surface area (Å²) >= 11 is 0. The molecular weight excluding hydrogens is 300 g/mol. The highest BCUT2D eigenvalue weighted by molar-refractivity contribution is 5.93. The smallest absolute Gasteiger partial charge is 0.272 e. The Bertz CT molecular complexity index is 865. The average Bonchev–Trinajstić information content (AvgIpc) is 3.01. The van der Waals surface area contributed by atoms with Gasteiger partial charge in [-0.15, -0.1) is 0 Å². The van der Waals surface area contributed by atoms with E-state index in [-0.39, 0.29) is 5.91 Å². The fourth-order valence-electron chi connectivity index (χ4n) is 2.94. The Morgan fingerprint density at radius 2 is 1.75 bits per heavy atom. The molecule has 3 aromatic rings. The van der Waals surface area contributed by atoms with Gasteiger partial charge in [0.15, 0.2) is 5.82 Å². The van der Waals surface area contributed by atoms with E-state index in [0.29, 0.717) is 18.8 Å². The third kappa shape index (κ3) is 2.77. The zero-order valence-electron chi connectivity index (χ0n) is 14.4. The molecule has 1 amide bonds. The molecule has 0 N–H and O–H groups in total. The van der Waals surface area contributed by atoms with Gasteiger partial charge in [0.1, 0.15) is 11.4 Å². The maximum atomic E-state index is 12.6. The van der Waals surface area contributed by atoms with Crippen molar-refractivity contribution in [1.82, 2.24) is 19.4 Å². The summed E-state index contributed by atoms with van der Waals surface area (Å²) in [4.78, 5) is 23.6. The number of fused-ring (bicyclic) bond motifs is 1. The minimum Gasteiger partial charge on any atom is -0.338 e. The van der Waals surface area contributed by atoms with Crippen LogP contribution in [0.4, 0.5) is 0 Å². The van der Waals surface area contributed by atoms with Crippen LogP contribution in [0.1, 0.15) is 31.3 Å². The maximum absolute atomic E-state index is 12.6. The van der Waals surface area contributed by atoms with Gasteiger partial charge in [-0.25, -0.2) is 9.97 Å². The lowest BCUT2D eigenvalue weighted by Gasteiger charge is -2.18. The summed E-state index contributed by atoms with van der Waals surface area (Å²) in [5.41, 5.74) is 3.21. The van der Waals surface area contributed by atoms with E-state index < -0.39 is 0 Å². The van der Waals surface area contributed by atoms with E-state index in [1.807, 2.05) is 44.2 Å². The van der Waals surface area contributed by atoms with Gasteiger partial charge in [0.05, 0.1) is 11.0 Å². The van der Waals surface area contributed by atoms with E-state index in [1.54, 1.807) is 11.0 Å². The first-order valence-corrected chi connectivity index (χ1v) is 8.41. The lowest BCUT2D eigenvalue weighted by atomic mass is 10.2. The van der Waals surface area contributed by atoms with Gasteiger partial charge in [0.2, 0.25) is 0 Å². The van der Waals surface area contributed by atoms with Gasteiger partial charge >= 0.3 is 0 Å². The molecule has 0 aliphatic carbocycles. The van der Waals surface area contributed by atoms with Gasteiger partial charge < -0.3 is 9.47 Å². The molecule has 0 aliphatic heterocycles. The van der Waals surface area contributed by atoms with Crippen molar-refractivity contribution in [2.75, 3.05) is 13.1 Å². The highest BCUT2D eigenvalue weighted by Crippen LogP contribution is 2.23. The summed E-state index contributed by atoms with van der Waals surface area (Å²) in [7, 11) is 0. The maximum Gasteiger partial charge on any atom is 0.272 e. The quantitative estimate of drug-likeness (QED) is 0.721. The zero-order valence-corrected chi connectivity index (χ0v) is 14.4. The van der Waals surface area contributed by atoms with E-state index in [1.165, 1.54) is 0 Å². The van der Waals surface area contributed by atoms with E-state index >= 15 is 0 Å². The Kier molecular flexibility index (Phi) is 4.60. The fraction of sp³-hybridized carbons (Fsp3) is 0.316. The molecule has 0 radical (unpaired) electrons. The van der Waals surface area contributed by atoms with Crippen LogP contribution in [0.3, 0.4) is 0 Å². The third-order valence-corrected chi connectivity index (χ3v) is 4.22. The van der Waals surface area contributed by atoms with Crippen molar-refractivity contribution in [3.05, 3.63) is 48.2 Å². The molecule has 5 nitrogen and oxygen atoms in total. The molecule has 0 atom stereocenters. The topological polar surface area (TPSA) is 51.0 Å². The fourth-order valence-corrected chi connectivity index (χ4v) is 2.94. The first-order valence-electron chi connectivity index (χ1n) is 8.41. The van der Waals surface area contributed by atoms with Crippen LogP contribution in [-0.4, -0.2) is 38.4 Å². The second-order valence-corrected chi connectivity index (χ2v) is 5.55. The predicted octanol–water partition coefficient (Wildman–Crippen LogP) is 3.60. The number of carbonyl (C=O) groups excluding carboxylic acids is 1. The Balaban J connectivity index is 2.08. The molecular formula is C19H22N4O. The highest BCUT2D eigenvalue weighted by Gasteiger charge is 2.17. The van der Waals surface area contributed by atoms with Crippen molar-refractivity contribution < 1.29 is 4.79 Å². The lowest BCUT2D eigenvalue weighted by Crippen LogP contribution is -2.31. The number of aryl methyl sites for hydroxylation is 1. The molecule has 0 aliphatic rings. The SMILES string of the molecule is CCN(CC)C(=O)c1cccc(-c2nc3ccccc3n2CC)n1. The first kappa shape index (κ1) is 16.2. The molecule has 0 saturated carbocycles. The number of pyridine rings is 1. The van der Waals surface area contributed by atoms with Crippen LogP contribution < -0.4 is 0 Å². The van der Waals surface area contributed by atoms with Crippen molar-refractivity contribution in [3.63, 3.8) is 0 Å². The largest absolute Gasteiger partial charge is 0.338 e. The number of nitrogens with zero attached hydrogens (tertiary/aromatic N) is 4. The minimum atomic E-state index is -0.0407. The van der Waals surface area contributed by atoms with Crippen LogP contribution in [0.15, 0.2) is 42.5 Å². The van der Waals surface area contributed by atoms with E-state index in [2.05, 4.69) is 22.5 Å². The molecule has 0 fully saturated rings. The number of benzene rings is 1. The van der Waals surface area contributed by atoms with Crippen LogP contribution in [0.25, 0.3) is 22.6 Å². The normalized spacial score (nSPS) is 11.0. The van der Waals surface area contributed by atoms with Crippen LogP contribution in [0, 0.1) is 0 Å². The number of hydrogen-bond acceptors (Lipinski definition) is 3. The monoisotopic (exact) mass is 322 g/mol. The molecule has 0 bridgehead atoms. The Morgan fingerprint density at radius 3 is 2.46 bits per heavy atom. The van der Waals surface area contributed by atoms with Crippen molar-refractivity contribution in [1.29, 1.82) is 0 Å². The van der Waals surface area contributed by atoms with Crippen LogP contribution in [-0.2, 0) is 6.54 Å². The number of para-hydroxylation sites is 2.